The molecule has 0 aliphatic carbocycles. The van der Waals surface area contributed by atoms with E-state index in [0.717, 1.165) is 6.42 Å². The van der Waals surface area contributed by atoms with Crippen molar-refractivity contribution in [2.75, 3.05) is 26.3 Å². The molecule has 1 aliphatic rings. The molecule has 0 spiro atoms. The largest absolute Gasteiger partial charge is 0.486 e. The molecule has 5 nitrogen and oxygen atoms in total. The Morgan fingerprint density at radius 2 is 2.11 bits per heavy atom. The van der Waals surface area contributed by atoms with Gasteiger partial charge in [-0.15, -0.1) is 0 Å². The average Bonchev–Trinajstić information content (AvgIpc) is 2.44. The van der Waals surface area contributed by atoms with Gasteiger partial charge in [-0.2, -0.15) is 0 Å². The highest BCUT2D eigenvalue weighted by Crippen LogP contribution is 2.30. The molecule has 0 radical (unpaired) electrons. The van der Waals surface area contributed by atoms with Crippen LogP contribution in [0.4, 0.5) is 0 Å². The van der Waals surface area contributed by atoms with Crippen molar-refractivity contribution >= 4 is 5.91 Å². The van der Waals surface area contributed by atoms with Gasteiger partial charge in [0.25, 0.3) is 5.91 Å². The van der Waals surface area contributed by atoms with E-state index in [-0.39, 0.29) is 5.91 Å². The van der Waals surface area contributed by atoms with Crippen molar-refractivity contribution in [1.29, 1.82) is 0 Å². The molecule has 1 atom stereocenters. The third kappa shape index (κ3) is 3.61. The van der Waals surface area contributed by atoms with Crippen LogP contribution in [0.3, 0.4) is 0 Å². The molecule has 19 heavy (non-hydrogen) atoms. The zero-order chi connectivity index (χ0) is 13.7. The molecule has 0 bridgehead atoms. The Bertz CT molecular complexity index is 448. The van der Waals surface area contributed by atoms with E-state index < -0.39 is 0 Å². The second-order valence-corrected chi connectivity index (χ2v) is 4.75. The number of carbonyl (C=O) groups is 1. The third-order valence-corrected chi connectivity index (χ3v) is 3.07. The highest BCUT2D eigenvalue weighted by Gasteiger charge is 2.15. The summed E-state index contributed by atoms with van der Waals surface area (Å²) in [6.07, 6.45) is 0.904. The summed E-state index contributed by atoms with van der Waals surface area (Å²) < 4.78 is 10.9. The molecule has 1 aromatic rings. The number of benzene rings is 1. The Morgan fingerprint density at radius 1 is 1.37 bits per heavy atom. The Labute approximate surface area is 113 Å². The maximum atomic E-state index is 12.0. The second kappa shape index (κ2) is 6.43. The summed E-state index contributed by atoms with van der Waals surface area (Å²) in [6.45, 7) is 4.41. The van der Waals surface area contributed by atoms with E-state index >= 15 is 0 Å². The van der Waals surface area contributed by atoms with Gasteiger partial charge < -0.3 is 20.5 Å². The first-order chi connectivity index (χ1) is 9.20. The molecular weight excluding hydrogens is 244 g/mol. The number of carbonyl (C=O) groups excluding carboxylic acids is 1. The molecule has 0 saturated heterocycles. The molecule has 0 saturated carbocycles. The summed E-state index contributed by atoms with van der Waals surface area (Å²) in [5, 5.41) is 2.90. The van der Waals surface area contributed by atoms with Gasteiger partial charge in [0.05, 0.1) is 0 Å². The van der Waals surface area contributed by atoms with Gasteiger partial charge in [-0.1, -0.05) is 6.92 Å². The van der Waals surface area contributed by atoms with Crippen LogP contribution in [0.2, 0.25) is 0 Å². The van der Waals surface area contributed by atoms with Crippen LogP contribution < -0.4 is 20.5 Å². The van der Waals surface area contributed by atoms with Crippen LogP contribution in [0.25, 0.3) is 0 Å². The summed E-state index contributed by atoms with van der Waals surface area (Å²) in [7, 11) is 0. The normalized spacial score (nSPS) is 14.8. The lowest BCUT2D eigenvalue weighted by molar-refractivity contribution is 0.0946. The van der Waals surface area contributed by atoms with Gasteiger partial charge in [0.2, 0.25) is 0 Å². The molecule has 2 rings (SSSR count). The molecule has 1 aromatic carbocycles. The Kier molecular flexibility index (Phi) is 4.63. The van der Waals surface area contributed by atoms with Crippen molar-refractivity contribution in [3.05, 3.63) is 23.8 Å². The summed E-state index contributed by atoms with van der Waals surface area (Å²) >= 11 is 0. The van der Waals surface area contributed by atoms with E-state index in [9.17, 15) is 4.79 Å². The summed E-state index contributed by atoms with van der Waals surface area (Å²) in [5.74, 6) is 1.61. The van der Waals surface area contributed by atoms with Gasteiger partial charge in [-0.05, 0) is 37.1 Å². The van der Waals surface area contributed by atoms with Gasteiger partial charge in [0.15, 0.2) is 11.5 Å². The average molecular weight is 264 g/mol. The van der Waals surface area contributed by atoms with Crippen LogP contribution in [0, 0.1) is 5.92 Å². The number of hydrogen-bond acceptors (Lipinski definition) is 4. The van der Waals surface area contributed by atoms with Crippen LogP contribution >= 0.6 is 0 Å². The van der Waals surface area contributed by atoms with E-state index in [1.54, 1.807) is 18.2 Å². The number of fused-ring (bicyclic) bond motifs is 1. The number of nitrogens with one attached hydrogen (secondary N) is 1. The summed E-state index contributed by atoms with van der Waals surface area (Å²) in [6, 6.07) is 5.24. The van der Waals surface area contributed by atoms with Gasteiger partial charge in [-0.25, -0.2) is 0 Å². The monoisotopic (exact) mass is 264 g/mol. The SMILES string of the molecule is CC(CCN)CNC(=O)c1ccc2c(c1)OCCO2. The maximum Gasteiger partial charge on any atom is 0.251 e. The van der Waals surface area contributed by atoms with Crippen molar-refractivity contribution in [2.45, 2.75) is 13.3 Å². The van der Waals surface area contributed by atoms with Gasteiger partial charge >= 0.3 is 0 Å². The number of amides is 1. The van der Waals surface area contributed by atoms with E-state index in [2.05, 4.69) is 12.2 Å². The van der Waals surface area contributed by atoms with Crippen molar-refractivity contribution < 1.29 is 14.3 Å². The lowest BCUT2D eigenvalue weighted by Crippen LogP contribution is -2.29. The molecule has 1 heterocycles. The van der Waals surface area contributed by atoms with Crippen molar-refractivity contribution in [1.82, 2.24) is 5.32 Å². The minimum atomic E-state index is -0.0964. The molecular formula is C14H20N2O3. The quantitative estimate of drug-likeness (QED) is 0.837. The molecule has 1 aliphatic heterocycles. The third-order valence-electron chi connectivity index (χ3n) is 3.07. The molecule has 5 heteroatoms. The molecule has 3 N–H and O–H groups in total. The Balaban J connectivity index is 1.95. The summed E-state index contributed by atoms with van der Waals surface area (Å²) in [4.78, 5) is 12.0. The molecule has 0 fully saturated rings. The fourth-order valence-corrected chi connectivity index (χ4v) is 1.94. The van der Waals surface area contributed by atoms with Crippen molar-refractivity contribution in [2.24, 2.45) is 11.7 Å². The first-order valence-electron chi connectivity index (χ1n) is 6.58. The topological polar surface area (TPSA) is 73.6 Å². The van der Waals surface area contributed by atoms with Crippen LogP contribution in [0.15, 0.2) is 18.2 Å². The zero-order valence-electron chi connectivity index (χ0n) is 11.1. The van der Waals surface area contributed by atoms with Crippen molar-refractivity contribution in [3.8, 4) is 11.5 Å². The predicted octanol–water partition coefficient (Wildman–Crippen LogP) is 1.17. The lowest BCUT2D eigenvalue weighted by atomic mass is 10.1. The van der Waals surface area contributed by atoms with Gasteiger partial charge in [0.1, 0.15) is 13.2 Å². The number of rotatable bonds is 5. The highest BCUT2D eigenvalue weighted by atomic mass is 16.6. The Morgan fingerprint density at radius 3 is 2.84 bits per heavy atom. The lowest BCUT2D eigenvalue weighted by Gasteiger charge is -2.19. The smallest absolute Gasteiger partial charge is 0.251 e. The molecule has 1 unspecified atom stereocenters. The van der Waals surface area contributed by atoms with Crippen LogP contribution in [0.5, 0.6) is 11.5 Å². The fourth-order valence-electron chi connectivity index (χ4n) is 1.94. The first-order valence-corrected chi connectivity index (χ1v) is 6.58. The fraction of sp³-hybridized carbons (Fsp3) is 0.500. The first kappa shape index (κ1) is 13.7. The zero-order valence-corrected chi connectivity index (χ0v) is 11.1. The van der Waals surface area contributed by atoms with E-state index in [0.29, 0.717) is 49.3 Å². The van der Waals surface area contributed by atoms with Gasteiger partial charge in [-0.3, -0.25) is 4.79 Å². The molecule has 104 valence electrons. The number of nitrogens with two attached hydrogens (primary N) is 1. The number of ether oxygens (including phenoxy) is 2. The molecule has 1 amide bonds. The predicted molar refractivity (Wildman–Crippen MR) is 72.6 cm³/mol. The maximum absolute atomic E-state index is 12.0. The van der Waals surface area contributed by atoms with E-state index in [1.807, 2.05) is 0 Å². The summed E-state index contributed by atoms with van der Waals surface area (Å²) in [5.41, 5.74) is 6.07. The number of hydrogen-bond donors (Lipinski definition) is 2. The second-order valence-electron chi connectivity index (χ2n) is 4.75. The van der Waals surface area contributed by atoms with E-state index in [4.69, 9.17) is 15.2 Å². The minimum absolute atomic E-state index is 0.0964. The Hall–Kier alpha value is -1.75. The highest BCUT2D eigenvalue weighted by molar-refractivity contribution is 5.94. The van der Waals surface area contributed by atoms with Crippen LogP contribution in [-0.2, 0) is 0 Å². The minimum Gasteiger partial charge on any atom is -0.486 e. The van der Waals surface area contributed by atoms with Crippen LogP contribution in [0.1, 0.15) is 23.7 Å². The standard InChI is InChI=1S/C14H20N2O3/c1-10(4-5-15)9-16-14(17)11-2-3-12-13(8-11)19-7-6-18-12/h2-3,8,10H,4-7,9,15H2,1H3,(H,16,17). The van der Waals surface area contributed by atoms with E-state index in [1.165, 1.54) is 0 Å². The molecule has 0 aromatic heterocycles. The van der Waals surface area contributed by atoms with Crippen molar-refractivity contribution in [3.63, 3.8) is 0 Å². The van der Waals surface area contributed by atoms with Gasteiger partial charge in [0, 0.05) is 12.1 Å². The van der Waals surface area contributed by atoms with Crippen LogP contribution in [-0.4, -0.2) is 32.2 Å².